The number of aromatic nitrogens is 2. The summed E-state index contributed by atoms with van der Waals surface area (Å²) in [6.45, 7) is 8.53. The zero-order chi connectivity index (χ0) is 14.4. The van der Waals surface area contributed by atoms with Crippen molar-refractivity contribution in [3.05, 3.63) is 53.6 Å². The van der Waals surface area contributed by atoms with Crippen LogP contribution in [0.3, 0.4) is 0 Å². The van der Waals surface area contributed by atoms with Gasteiger partial charge in [0.2, 0.25) is 0 Å². The molecule has 20 heavy (non-hydrogen) atoms. The van der Waals surface area contributed by atoms with E-state index in [-0.39, 0.29) is 6.04 Å². The third-order valence-electron chi connectivity index (χ3n) is 3.73. The zero-order valence-electron chi connectivity index (χ0n) is 12.8. The lowest BCUT2D eigenvalue weighted by molar-refractivity contribution is 0.481. The summed E-state index contributed by atoms with van der Waals surface area (Å²) >= 11 is 0. The molecule has 0 bridgehead atoms. The molecule has 1 atom stereocenters. The Bertz CT molecular complexity index is 531. The van der Waals surface area contributed by atoms with Crippen molar-refractivity contribution in [3.63, 3.8) is 0 Å². The molecule has 0 aliphatic heterocycles. The number of nitrogens with one attached hydrogen (secondary N) is 1. The minimum atomic E-state index is 0.283. The van der Waals surface area contributed by atoms with E-state index in [1.807, 2.05) is 6.20 Å². The van der Waals surface area contributed by atoms with Crippen LogP contribution in [0.15, 0.2) is 36.7 Å². The summed E-state index contributed by atoms with van der Waals surface area (Å²) in [5.74, 6) is 1.14. The molecular formula is C17H25N3. The van der Waals surface area contributed by atoms with E-state index in [9.17, 15) is 0 Å². The predicted molar refractivity (Wildman–Crippen MR) is 83.8 cm³/mol. The molecule has 2 rings (SSSR count). The third kappa shape index (κ3) is 3.48. The summed E-state index contributed by atoms with van der Waals surface area (Å²) < 4.78 is 2.23. The lowest BCUT2D eigenvalue weighted by Crippen LogP contribution is -2.27. The molecule has 108 valence electrons. The molecule has 0 saturated carbocycles. The van der Waals surface area contributed by atoms with E-state index in [2.05, 4.69) is 66.1 Å². The van der Waals surface area contributed by atoms with Gasteiger partial charge in [-0.2, -0.15) is 0 Å². The van der Waals surface area contributed by atoms with Crippen LogP contribution in [0.1, 0.15) is 43.3 Å². The van der Waals surface area contributed by atoms with Gasteiger partial charge < -0.3 is 9.88 Å². The Kier molecular flexibility index (Phi) is 5.36. The van der Waals surface area contributed by atoms with Crippen molar-refractivity contribution in [1.29, 1.82) is 0 Å². The molecule has 1 unspecified atom stereocenters. The van der Waals surface area contributed by atoms with Gasteiger partial charge in [0.25, 0.3) is 0 Å². The van der Waals surface area contributed by atoms with Gasteiger partial charge in [-0.1, -0.05) is 31.2 Å². The lowest BCUT2D eigenvalue weighted by atomic mass is 10.0. The Hall–Kier alpha value is -1.61. The summed E-state index contributed by atoms with van der Waals surface area (Å²) in [6, 6.07) is 8.89. The maximum Gasteiger partial charge on any atom is 0.126 e. The first kappa shape index (κ1) is 14.8. The first-order valence-electron chi connectivity index (χ1n) is 7.55. The van der Waals surface area contributed by atoms with Gasteiger partial charge in [0.05, 0.1) is 6.04 Å². The van der Waals surface area contributed by atoms with Crippen LogP contribution < -0.4 is 5.32 Å². The average molecular weight is 271 g/mol. The quantitative estimate of drug-likeness (QED) is 0.835. The summed E-state index contributed by atoms with van der Waals surface area (Å²) in [5.41, 5.74) is 2.75. The molecule has 0 spiro atoms. The van der Waals surface area contributed by atoms with Crippen LogP contribution in [0.4, 0.5) is 0 Å². The van der Waals surface area contributed by atoms with Gasteiger partial charge in [0.1, 0.15) is 5.82 Å². The molecule has 0 saturated heterocycles. The Morgan fingerprint density at radius 1 is 1.25 bits per heavy atom. The predicted octanol–water partition coefficient (Wildman–Crippen LogP) is 3.49. The van der Waals surface area contributed by atoms with Crippen molar-refractivity contribution in [1.82, 2.24) is 14.9 Å². The van der Waals surface area contributed by atoms with Crippen molar-refractivity contribution >= 4 is 0 Å². The maximum absolute atomic E-state index is 4.57. The van der Waals surface area contributed by atoms with Crippen molar-refractivity contribution in [2.45, 2.75) is 46.2 Å². The number of nitrogens with zero attached hydrogens (tertiary/aromatic N) is 2. The summed E-state index contributed by atoms with van der Waals surface area (Å²) in [4.78, 5) is 4.57. The second kappa shape index (κ2) is 7.25. The molecule has 1 N–H and O–H groups in total. The average Bonchev–Trinajstić information content (AvgIpc) is 2.93. The van der Waals surface area contributed by atoms with Crippen LogP contribution in [0.5, 0.6) is 0 Å². The number of aryl methyl sites for hydroxylation is 2. The van der Waals surface area contributed by atoms with E-state index in [1.165, 1.54) is 11.1 Å². The molecule has 0 amide bonds. The van der Waals surface area contributed by atoms with Crippen LogP contribution in [0, 0.1) is 6.92 Å². The Labute approximate surface area is 122 Å². The van der Waals surface area contributed by atoms with Crippen LogP contribution in [-0.4, -0.2) is 16.1 Å². The Morgan fingerprint density at radius 2 is 2.05 bits per heavy atom. The van der Waals surface area contributed by atoms with Gasteiger partial charge in [0.15, 0.2) is 0 Å². The molecule has 0 aliphatic carbocycles. The van der Waals surface area contributed by atoms with Crippen LogP contribution in [0.2, 0.25) is 0 Å². The standard InChI is InChI=1S/C17H25N3/c1-4-10-18-16(17-19-11-12-20(17)5-2)13-15-9-7-6-8-14(15)3/h6-9,11-12,16,18H,4-5,10,13H2,1-3H3. The Morgan fingerprint density at radius 3 is 2.75 bits per heavy atom. The third-order valence-corrected chi connectivity index (χ3v) is 3.73. The van der Waals surface area contributed by atoms with Gasteiger partial charge in [-0.25, -0.2) is 4.98 Å². The smallest absolute Gasteiger partial charge is 0.126 e. The number of benzene rings is 1. The highest BCUT2D eigenvalue weighted by Crippen LogP contribution is 2.19. The normalized spacial score (nSPS) is 12.6. The second-order valence-corrected chi connectivity index (χ2v) is 5.21. The first-order chi connectivity index (χ1) is 9.76. The van der Waals surface area contributed by atoms with Crippen LogP contribution in [-0.2, 0) is 13.0 Å². The van der Waals surface area contributed by atoms with Crippen LogP contribution >= 0.6 is 0 Å². The highest BCUT2D eigenvalue weighted by atomic mass is 15.1. The van der Waals surface area contributed by atoms with E-state index in [4.69, 9.17) is 0 Å². The van der Waals surface area contributed by atoms with Crippen molar-refractivity contribution in [3.8, 4) is 0 Å². The molecular weight excluding hydrogens is 246 g/mol. The van der Waals surface area contributed by atoms with E-state index >= 15 is 0 Å². The fourth-order valence-electron chi connectivity index (χ4n) is 2.53. The van der Waals surface area contributed by atoms with E-state index in [0.29, 0.717) is 0 Å². The molecule has 2 aromatic rings. The highest BCUT2D eigenvalue weighted by Gasteiger charge is 2.17. The number of imidazole rings is 1. The van der Waals surface area contributed by atoms with E-state index in [0.717, 1.165) is 31.8 Å². The van der Waals surface area contributed by atoms with Gasteiger partial charge in [-0.3, -0.25) is 0 Å². The van der Waals surface area contributed by atoms with Gasteiger partial charge in [-0.15, -0.1) is 0 Å². The molecule has 1 aromatic heterocycles. The monoisotopic (exact) mass is 271 g/mol. The van der Waals surface area contributed by atoms with E-state index in [1.54, 1.807) is 0 Å². The molecule has 1 aromatic carbocycles. The SMILES string of the molecule is CCCNC(Cc1ccccc1C)c1nccn1CC. The summed E-state index contributed by atoms with van der Waals surface area (Å²) in [5, 5.41) is 3.64. The molecule has 3 nitrogen and oxygen atoms in total. The Balaban J connectivity index is 2.22. The van der Waals surface area contributed by atoms with Crippen LogP contribution in [0.25, 0.3) is 0 Å². The molecule has 0 aliphatic rings. The highest BCUT2D eigenvalue weighted by molar-refractivity contribution is 5.27. The number of rotatable bonds is 7. The summed E-state index contributed by atoms with van der Waals surface area (Å²) in [7, 11) is 0. The lowest BCUT2D eigenvalue weighted by Gasteiger charge is -2.20. The van der Waals surface area contributed by atoms with E-state index < -0.39 is 0 Å². The largest absolute Gasteiger partial charge is 0.334 e. The number of hydrogen-bond acceptors (Lipinski definition) is 2. The zero-order valence-corrected chi connectivity index (χ0v) is 12.8. The fraction of sp³-hybridized carbons (Fsp3) is 0.471. The van der Waals surface area contributed by atoms with Crippen molar-refractivity contribution in [2.24, 2.45) is 0 Å². The summed E-state index contributed by atoms with van der Waals surface area (Å²) in [6.07, 6.45) is 6.09. The molecule has 0 fully saturated rings. The van der Waals surface area contributed by atoms with Crippen molar-refractivity contribution < 1.29 is 0 Å². The van der Waals surface area contributed by atoms with Gasteiger partial charge >= 0.3 is 0 Å². The molecule has 0 radical (unpaired) electrons. The maximum atomic E-state index is 4.57. The van der Waals surface area contributed by atoms with Crippen molar-refractivity contribution in [2.75, 3.05) is 6.54 Å². The number of hydrogen-bond donors (Lipinski definition) is 1. The second-order valence-electron chi connectivity index (χ2n) is 5.21. The topological polar surface area (TPSA) is 29.9 Å². The van der Waals surface area contributed by atoms with Gasteiger partial charge in [0, 0.05) is 18.9 Å². The molecule has 1 heterocycles. The minimum Gasteiger partial charge on any atom is -0.334 e. The molecule has 3 heteroatoms. The van der Waals surface area contributed by atoms with Gasteiger partial charge in [-0.05, 0) is 44.4 Å². The first-order valence-corrected chi connectivity index (χ1v) is 7.55. The minimum absolute atomic E-state index is 0.283. The fourth-order valence-corrected chi connectivity index (χ4v) is 2.53.